The zero-order valence-corrected chi connectivity index (χ0v) is 17.5. The molecular weight excluding hydrogens is 366 g/mol. The predicted octanol–water partition coefficient (Wildman–Crippen LogP) is 1.50. The monoisotopic (exact) mass is 399 g/mol. The van der Waals surface area contributed by atoms with Gasteiger partial charge in [-0.3, -0.25) is 9.59 Å². The number of likely N-dealkylation sites (tertiary alicyclic amines) is 1. The first-order chi connectivity index (χ1) is 14.1. The first-order valence-electron chi connectivity index (χ1n) is 11.0. The van der Waals surface area contributed by atoms with Crippen LogP contribution in [0.25, 0.3) is 0 Å². The number of piperazine rings is 1. The molecule has 7 heteroatoms. The highest BCUT2D eigenvalue weighted by Crippen LogP contribution is 2.42. The largest absolute Gasteiger partial charge is 0.353 e. The quantitative estimate of drug-likeness (QED) is 0.831. The summed E-state index contributed by atoms with van der Waals surface area (Å²) in [7, 11) is 0. The Morgan fingerprint density at radius 2 is 1.83 bits per heavy atom. The third-order valence-corrected chi connectivity index (χ3v) is 6.91. The minimum absolute atomic E-state index is 0.0995. The Kier molecular flexibility index (Phi) is 6.04. The lowest BCUT2D eigenvalue weighted by molar-refractivity contribution is -0.137. The lowest BCUT2D eigenvalue weighted by atomic mass is 9.77. The molecular formula is C22H33N5O2. The van der Waals surface area contributed by atoms with Gasteiger partial charge in [0.1, 0.15) is 5.82 Å². The van der Waals surface area contributed by atoms with Gasteiger partial charge < -0.3 is 20.0 Å². The summed E-state index contributed by atoms with van der Waals surface area (Å²) in [6, 6.07) is 6.19. The molecule has 7 nitrogen and oxygen atoms in total. The molecule has 0 radical (unpaired) electrons. The van der Waals surface area contributed by atoms with Crippen molar-refractivity contribution in [3.05, 3.63) is 24.4 Å². The zero-order valence-electron chi connectivity index (χ0n) is 17.5. The van der Waals surface area contributed by atoms with Crippen molar-refractivity contribution in [1.82, 2.24) is 20.1 Å². The van der Waals surface area contributed by atoms with Crippen molar-refractivity contribution in [1.29, 1.82) is 0 Å². The smallest absolute Gasteiger partial charge is 0.223 e. The molecule has 4 rings (SSSR count). The molecule has 0 aromatic carbocycles. The van der Waals surface area contributed by atoms with Gasteiger partial charge in [-0.15, -0.1) is 0 Å². The minimum Gasteiger partial charge on any atom is -0.353 e. The lowest BCUT2D eigenvalue weighted by Gasteiger charge is -2.35. The summed E-state index contributed by atoms with van der Waals surface area (Å²) in [4.78, 5) is 36.0. The summed E-state index contributed by atoms with van der Waals surface area (Å²) in [5.74, 6) is 1.21. The van der Waals surface area contributed by atoms with Crippen molar-refractivity contribution in [3.63, 3.8) is 0 Å². The standard InChI is InChI=1S/C22H33N5O2/c1-18-16-22(7-10-23-11-8-22)17-27(18)21(29)6-5-20(28)26-14-12-25(13-15-26)19-4-2-3-9-24-19/h2-4,9,18,23H,5-8,10-17H2,1H3. The van der Waals surface area contributed by atoms with Crippen LogP contribution < -0.4 is 10.2 Å². The van der Waals surface area contributed by atoms with Crippen molar-refractivity contribution >= 4 is 17.6 Å². The number of hydrogen-bond acceptors (Lipinski definition) is 5. The van der Waals surface area contributed by atoms with E-state index in [1.54, 1.807) is 6.20 Å². The van der Waals surface area contributed by atoms with Gasteiger partial charge in [-0.05, 0) is 56.8 Å². The van der Waals surface area contributed by atoms with Gasteiger partial charge in [-0.25, -0.2) is 4.98 Å². The van der Waals surface area contributed by atoms with Crippen LogP contribution in [0.15, 0.2) is 24.4 Å². The van der Waals surface area contributed by atoms with E-state index in [4.69, 9.17) is 0 Å². The van der Waals surface area contributed by atoms with Gasteiger partial charge in [0.25, 0.3) is 0 Å². The van der Waals surface area contributed by atoms with E-state index in [0.717, 1.165) is 57.8 Å². The fourth-order valence-electron chi connectivity index (χ4n) is 5.21. The van der Waals surface area contributed by atoms with Gasteiger partial charge in [0, 0.05) is 57.8 Å². The van der Waals surface area contributed by atoms with Crippen LogP contribution in [0.4, 0.5) is 5.82 Å². The second-order valence-corrected chi connectivity index (χ2v) is 8.88. The van der Waals surface area contributed by atoms with Crippen LogP contribution >= 0.6 is 0 Å². The van der Waals surface area contributed by atoms with E-state index >= 15 is 0 Å². The molecule has 158 valence electrons. The third-order valence-electron chi connectivity index (χ3n) is 6.91. The molecule has 3 saturated heterocycles. The second-order valence-electron chi connectivity index (χ2n) is 8.88. The second kappa shape index (κ2) is 8.69. The van der Waals surface area contributed by atoms with E-state index in [1.807, 2.05) is 28.0 Å². The summed E-state index contributed by atoms with van der Waals surface area (Å²) in [5, 5.41) is 3.42. The van der Waals surface area contributed by atoms with Crippen LogP contribution in [0.2, 0.25) is 0 Å². The van der Waals surface area contributed by atoms with Crippen molar-refractivity contribution in [3.8, 4) is 0 Å². The number of aromatic nitrogens is 1. The fourth-order valence-corrected chi connectivity index (χ4v) is 5.21. The first kappa shape index (κ1) is 20.1. The molecule has 1 unspecified atom stereocenters. The fraction of sp³-hybridized carbons (Fsp3) is 0.682. The Bertz CT molecular complexity index is 711. The predicted molar refractivity (Wildman–Crippen MR) is 113 cm³/mol. The van der Waals surface area contributed by atoms with Gasteiger partial charge >= 0.3 is 0 Å². The van der Waals surface area contributed by atoms with E-state index in [0.29, 0.717) is 31.3 Å². The molecule has 3 aliphatic rings. The van der Waals surface area contributed by atoms with Crippen molar-refractivity contribution < 1.29 is 9.59 Å². The lowest BCUT2D eigenvalue weighted by Crippen LogP contribution is -2.49. The number of hydrogen-bond donors (Lipinski definition) is 1. The molecule has 29 heavy (non-hydrogen) atoms. The Hall–Kier alpha value is -2.15. The average Bonchev–Trinajstić information content (AvgIpc) is 3.08. The van der Waals surface area contributed by atoms with E-state index in [9.17, 15) is 9.59 Å². The molecule has 1 atom stereocenters. The van der Waals surface area contributed by atoms with Gasteiger partial charge in [0.05, 0.1) is 0 Å². The third kappa shape index (κ3) is 4.55. The highest BCUT2D eigenvalue weighted by molar-refractivity contribution is 5.84. The number of nitrogens with zero attached hydrogens (tertiary/aromatic N) is 4. The van der Waals surface area contributed by atoms with Crippen LogP contribution in [-0.4, -0.2) is 78.5 Å². The number of nitrogens with one attached hydrogen (secondary N) is 1. The van der Waals surface area contributed by atoms with Crippen LogP contribution in [0.1, 0.15) is 39.0 Å². The molecule has 0 saturated carbocycles. The molecule has 4 heterocycles. The highest BCUT2D eigenvalue weighted by Gasteiger charge is 2.44. The number of pyridine rings is 1. The number of carbonyl (C=O) groups excluding carboxylic acids is 2. The molecule has 3 fully saturated rings. The van der Waals surface area contributed by atoms with Gasteiger partial charge in [-0.1, -0.05) is 6.07 Å². The maximum absolute atomic E-state index is 12.8. The van der Waals surface area contributed by atoms with Crippen molar-refractivity contribution in [2.75, 3.05) is 50.7 Å². The molecule has 3 aliphatic heterocycles. The van der Waals surface area contributed by atoms with Crippen molar-refractivity contribution in [2.45, 2.75) is 45.1 Å². The van der Waals surface area contributed by atoms with E-state index in [-0.39, 0.29) is 17.9 Å². The molecule has 2 amide bonds. The van der Waals surface area contributed by atoms with Gasteiger partial charge in [0.15, 0.2) is 0 Å². The van der Waals surface area contributed by atoms with E-state index < -0.39 is 0 Å². The Morgan fingerprint density at radius 3 is 2.52 bits per heavy atom. The van der Waals surface area contributed by atoms with Crippen LogP contribution in [-0.2, 0) is 9.59 Å². The molecule has 1 spiro atoms. The SMILES string of the molecule is CC1CC2(CCNCC2)CN1C(=O)CCC(=O)N1CCN(c2ccccn2)CC1. The minimum atomic E-state index is 0.0995. The summed E-state index contributed by atoms with van der Waals surface area (Å²) in [5.41, 5.74) is 0.298. The van der Waals surface area contributed by atoms with E-state index in [1.165, 1.54) is 0 Å². The van der Waals surface area contributed by atoms with E-state index in [2.05, 4.69) is 22.1 Å². The molecule has 0 bridgehead atoms. The van der Waals surface area contributed by atoms with Crippen molar-refractivity contribution in [2.24, 2.45) is 5.41 Å². The Balaban J connectivity index is 1.23. The summed E-state index contributed by atoms with van der Waals surface area (Å²) in [6.07, 6.45) is 5.86. The highest BCUT2D eigenvalue weighted by atomic mass is 16.2. The summed E-state index contributed by atoms with van der Waals surface area (Å²) >= 11 is 0. The van der Waals surface area contributed by atoms with Crippen LogP contribution in [0.5, 0.6) is 0 Å². The molecule has 1 N–H and O–H groups in total. The summed E-state index contributed by atoms with van der Waals surface area (Å²) < 4.78 is 0. The number of carbonyl (C=O) groups is 2. The van der Waals surface area contributed by atoms with Crippen LogP contribution in [0.3, 0.4) is 0 Å². The Labute approximate surface area is 173 Å². The number of anilines is 1. The topological polar surface area (TPSA) is 68.8 Å². The first-order valence-corrected chi connectivity index (χ1v) is 11.0. The maximum atomic E-state index is 12.8. The van der Waals surface area contributed by atoms with Gasteiger partial charge in [0.2, 0.25) is 11.8 Å². The number of piperidine rings is 1. The molecule has 0 aliphatic carbocycles. The number of amides is 2. The van der Waals surface area contributed by atoms with Crippen LogP contribution in [0, 0.1) is 5.41 Å². The Morgan fingerprint density at radius 1 is 1.10 bits per heavy atom. The molecule has 1 aromatic heterocycles. The number of rotatable bonds is 4. The normalized spacial score (nSPS) is 24.2. The zero-order chi connectivity index (χ0) is 20.3. The molecule has 1 aromatic rings. The summed E-state index contributed by atoms with van der Waals surface area (Å²) in [6.45, 7) is 8.10. The van der Waals surface area contributed by atoms with Gasteiger partial charge in [-0.2, -0.15) is 0 Å². The maximum Gasteiger partial charge on any atom is 0.223 e. The average molecular weight is 400 g/mol.